The zero-order valence-corrected chi connectivity index (χ0v) is 14.1. The number of hydrogen-bond donors (Lipinski definition) is 1. The topological polar surface area (TPSA) is 97.3 Å². The van der Waals surface area contributed by atoms with Crippen LogP contribution in [0, 0.1) is 0 Å². The van der Waals surface area contributed by atoms with E-state index in [1.165, 1.54) is 10.6 Å². The third-order valence-electron chi connectivity index (χ3n) is 3.64. The highest BCUT2D eigenvalue weighted by atomic mass is 32.2. The fraction of sp³-hybridized carbons (Fsp3) is 0.400. The van der Waals surface area contributed by atoms with Gasteiger partial charge in [-0.05, 0) is 18.2 Å². The van der Waals surface area contributed by atoms with E-state index >= 15 is 0 Å². The number of rotatable bonds is 5. The molecular formula is C15H19N5O3S. The number of nitrogens with one attached hydrogen (secondary N) is 1. The number of anilines is 1. The van der Waals surface area contributed by atoms with Crippen LogP contribution in [0.4, 0.5) is 5.95 Å². The van der Waals surface area contributed by atoms with Gasteiger partial charge in [0.25, 0.3) is 0 Å². The van der Waals surface area contributed by atoms with Gasteiger partial charge in [0.2, 0.25) is 16.0 Å². The molecule has 24 heavy (non-hydrogen) atoms. The molecule has 0 aliphatic carbocycles. The minimum atomic E-state index is -3.20. The van der Waals surface area contributed by atoms with Gasteiger partial charge in [-0.2, -0.15) is 4.31 Å². The van der Waals surface area contributed by atoms with E-state index in [4.69, 9.17) is 4.74 Å². The van der Waals surface area contributed by atoms with Crippen molar-refractivity contribution in [2.24, 2.45) is 0 Å². The molecule has 1 atom stereocenters. The molecule has 128 valence electrons. The van der Waals surface area contributed by atoms with Crippen LogP contribution in [-0.4, -0.2) is 66.3 Å². The zero-order chi connectivity index (χ0) is 17.0. The fourth-order valence-electron chi connectivity index (χ4n) is 2.42. The number of ether oxygens (including phenoxy) is 1. The van der Waals surface area contributed by atoms with Gasteiger partial charge in [-0.3, -0.25) is 4.98 Å². The molecule has 0 aromatic carbocycles. The maximum Gasteiger partial charge on any atom is 0.223 e. The summed E-state index contributed by atoms with van der Waals surface area (Å²) in [5.41, 5.74) is 1.48. The molecule has 0 spiro atoms. The Balaban J connectivity index is 1.63. The summed E-state index contributed by atoms with van der Waals surface area (Å²) in [6.45, 7) is 1.53. The van der Waals surface area contributed by atoms with Crippen LogP contribution in [0.3, 0.4) is 0 Å². The quantitative estimate of drug-likeness (QED) is 0.844. The van der Waals surface area contributed by atoms with Crippen molar-refractivity contribution in [3.8, 4) is 11.4 Å². The van der Waals surface area contributed by atoms with Crippen molar-refractivity contribution in [1.29, 1.82) is 0 Å². The van der Waals surface area contributed by atoms with Crippen molar-refractivity contribution in [2.45, 2.75) is 6.10 Å². The molecule has 0 amide bonds. The lowest BCUT2D eigenvalue weighted by atomic mass is 10.2. The predicted octanol–water partition coefficient (Wildman–Crippen LogP) is 0.611. The summed E-state index contributed by atoms with van der Waals surface area (Å²) < 4.78 is 30.3. The standard InChI is InChI=1S/C15H19N5O3S/c1-24(21,22)20-8-9-23-12(11-20)10-18-15-17-7-5-14(19-15)13-4-2-3-6-16-13/h2-7,12H,8-11H2,1H3,(H,17,18,19)/t12-/m0/s1. The molecule has 3 heterocycles. The first-order valence-electron chi connectivity index (χ1n) is 7.57. The van der Waals surface area contributed by atoms with Crippen molar-refractivity contribution < 1.29 is 13.2 Å². The van der Waals surface area contributed by atoms with Crippen molar-refractivity contribution in [1.82, 2.24) is 19.3 Å². The Morgan fingerprint density at radius 3 is 2.88 bits per heavy atom. The Kier molecular flexibility index (Phi) is 5.03. The first kappa shape index (κ1) is 16.7. The van der Waals surface area contributed by atoms with Crippen LogP contribution in [0.5, 0.6) is 0 Å². The van der Waals surface area contributed by atoms with Crippen LogP contribution in [0.15, 0.2) is 36.7 Å². The average molecular weight is 349 g/mol. The Bertz CT molecular complexity index is 785. The van der Waals surface area contributed by atoms with Crippen molar-refractivity contribution in [3.63, 3.8) is 0 Å². The highest BCUT2D eigenvalue weighted by molar-refractivity contribution is 7.88. The molecule has 0 saturated carbocycles. The Morgan fingerprint density at radius 1 is 1.25 bits per heavy atom. The summed E-state index contributed by atoms with van der Waals surface area (Å²) in [6, 6.07) is 7.40. The molecule has 8 nitrogen and oxygen atoms in total. The summed E-state index contributed by atoms with van der Waals surface area (Å²) in [5, 5.41) is 3.10. The molecule has 3 rings (SSSR count). The van der Waals surface area contributed by atoms with Gasteiger partial charge in [0.15, 0.2) is 0 Å². The van der Waals surface area contributed by atoms with Crippen LogP contribution in [0.2, 0.25) is 0 Å². The van der Waals surface area contributed by atoms with E-state index in [0.29, 0.717) is 32.2 Å². The van der Waals surface area contributed by atoms with Gasteiger partial charge in [0.1, 0.15) is 0 Å². The second kappa shape index (κ2) is 7.20. The van der Waals surface area contributed by atoms with Crippen molar-refractivity contribution >= 4 is 16.0 Å². The number of aromatic nitrogens is 3. The lowest BCUT2D eigenvalue weighted by Gasteiger charge is -2.31. The van der Waals surface area contributed by atoms with E-state index in [0.717, 1.165) is 11.4 Å². The van der Waals surface area contributed by atoms with Crippen LogP contribution in [0.25, 0.3) is 11.4 Å². The van der Waals surface area contributed by atoms with Crippen molar-refractivity contribution in [2.75, 3.05) is 37.8 Å². The van der Waals surface area contributed by atoms with Crippen LogP contribution >= 0.6 is 0 Å². The summed E-state index contributed by atoms with van der Waals surface area (Å²) in [4.78, 5) is 12.9. The zero-order valence-electron chi connectivity index (χ0n) is 13.3. The molecule has 0 bridgehead atoms. The van der Waals surface area contributed by atoms with Gasteiger partial charge >= 0.3 is 0 Å². The number of pyridine rings is 1. The minimum Gasteiger partial charge on any atom is -0.374 e. The van der Waals surface area contributed by atoms with Crippen molar-refractivity contribution in [3.05, 3.63) is 36.7 Å². The SMILES string of the molecule is CS(=O)(=O)N1CCO[C@@H](CNc2nccc(-c3ccccn3)n2)C1. The largest absolute Gasteiger partial charge is 0.374 e. The smallest absolute Gasteiger partial charge is 0.223 e. The second-order valence-electron chi connectivity index (χ2n) is 5.48. The first-order valence-corrected chi connectivity index (χ1v) is 9.42. The summed E-state index contributed by atoms with van der Waals surface area (Å²) >= 11 is 0. The molecule has 1 aliphatic rings. The number of nitrogens with zero attached hydrogens (tertiary/aromatic N) is 4. The van der Waals surface area contributed by atoms with Gasteiger partial charge in [-0.25, -0.2) is 18.4 Å². The van der Waals surface area contributed by atoms with Gasteiger partial charge in [-0.15, -0.1) is 0 Å². The lowest BCUT2D eigenvalue weighted by Crippen LogP contribution is -2.47. The van der Waals surface area contributed by atoms with E-state index in [9.17, 15) is 8.42 Å². The first-order chi connectivity index (χ1) is 11.5. The number of sulfonamides is 1. The van der Waals surface area contributed by atoms with Crippen LogP contribution in [-0.2, 0) is 14.8 Å². The molecule has 9 heteroatoms. The van der Waals surface area contributed by atoms with Gasteiger partial charge < -0.3 is 10.1 Å². The lowest BCUT2D eigenvalue weighted by molar-refractivity contribution is 0.00696. The summed E-state index contributed by atoms with van der Waals surface area (Å²) in [7, 11) is -3.20. The molecule has 1 N–H and O–H groups in total. The molecule has 1 saturated heterocycles. The van der Waals surface area contributed by atoms with Gasteiger partial charge in [0, 0.05) is 32.0 Å². The van der Waals surface area contributed by atoms with Crippen LogP contribution < -0.4 is 5.32 Å². The molecule has 0 unspecified atom stereocenters. The molecule has 1 aliphatic heterocycles. The monoisotopic (exact) mass is 349 g/mol. The predicted molar refractivity (Wildman–Crippen MR) is 89.9 cm³/mol. The highest BCUT2D eigenvalue weighted by Gasteiger charge is 2.26. The minimum absolute atomic E-state index is 0.240. The molecule has 0 radical (unpaired) electrons. The number of hydrogen-bond acceptors (Lipinski definition) is 7. The van der Waals surface area contributed by atoms with E-state index in [1.807, 2.05) is 18.2 Å². The Hall–Kier alpha value is -2.10. The Morgan fingerprint density at radius 2 is 2.12 bits per heavy atom. The molecule has 2 aromatic rings. The second-order valence-corrected chi connectivity index (χ2v) is 7.46. The highest BCUT2D eigenvalue weighted by Crippen LogP contribution is 2.15. The molecule has 1 fully saturated rings. The summed E-state index contributed by atoms with van der Waals surface area (Å²) in [6.07, 6.45) is 4.34. The van der Waals surface area contributed by atoms with Crippen LogP contribution in [0.1, 0.15) is 0 Å². The Labute approximate surface area is 141 Å². The normalized spacial score (nSPS) is 19.1. The third-order valence-corrected chi connectivity index (χ3v) is 4.91. The third kappa shape index (κ3) is 4.25. The van der Waals surface area contributed by atoms with Gasteiger partial charge in [0.05, 0.1) is 30.4 Å². The molecule has 2 aromatic heterocycles. The maximum absolute atomic E-state index is 11.6. The van der Waals surface area contributed by atoms with E-state index in [1.54, 1.807) is 18.5 Å². The van der Waals surface area contributed by atoms with E-state index in [2.05, 4.69) is 20.3 Å². The van der Waals surface area contributed by atoms with E-state index < -0.39 is 10.0 Å². The van der Waals surface area contributed by atoms with Gasteiger partial charge in [-0.1, -0.05) is 6.07 Å². The van der Waals surface area contributed by atoms with E-state index in [-0.39, 0.29) is 6.10 Å². The fourth-order valence-corrected chi connectivity index (χ4v) is 3.27. The maximum atomic E-state index is 11.6. The number of morpholine rings is 1. The average Bonchev–Trinajstić information content (AvgIpc) is 2.61. The molecular weight excluding hydrogens is 330 g/mol. The summed E-state index contributed by atoms with van der Waals surface area (Å²) in [5.74, 6) is 0.457.